The Kier molecular flexibility index (Phi) is 4.91. The van der Waals surface area contributed by atoms with E-state index in [4.69, 9.17) is 0 Å². The number of rotatable bonds is 5. The van der Waals surface area contributed by atoms with Gasteiger partial charge in [0, 0.05) is 36.4 Å². The van der Waals surface area contributed by atoms with Crippen LogP contribution in [0.25, 0.3) is 16.8 Å². The SMILES string of the molecule is CC(=O)c1ccn2cc(C(=O)NCc3ccc(-c4ccnc(C)c4)cc3)nc2c1. The van der Waals surface area contributed by atoms with Crippen molar-refractivity contribution in [3.8, 4) is 11.1 Å². The molecule has 0 unspecified atom stereocenters. The Morgan fingerprint density at radius 2 is 1.83 bits per heavy atom. The Morgan fingerprint density at radius 1 is 1.03 bits per heavy atom. The number of Topliss-reactive ketones (excluding diaryl/α,β-unsaturated/α-hetero) is 1. The number of aryl methyl sites for hydroxylation is 1. The first-order chi connectivity index (χ1) is 14.0. The molecule has 144 valence electrons. The van der Waals surface area contributed by atoms with E-state index < -0.39 is 0 Å². The van der Waals surface area contributed by atoms with E-state index in [1.54, 1.807) is 35.1 Å². The van der Waals surface area contributed by atoms with Gasteiger partial charge in [0.1, 0.15) is 11.3 Å². The van der Waals surface area contributed by atoms with Crippen LogP contribution >= 0.6 is 0 Å². The summed E-state index contributed by atoms with van der Waals surface area (Å²) < 4.78 is 1.73. The largest absolute Gasteiger partial charge is 0.347 e. The van der Waals surface area contributed by atoms with Crippen molar-refractivity contribution in [2.75, 3.05) is 0 Å². The van der Waals surface area contributed by atoms with Crippen LogP contribution in [-0.4, -0.2) is 26.1 Å². The van der Waals surface area contributed by atoms with Gasteiger partial charge in [0.15, 0.2) is 5.78 Å². The van der Waals surface area contributed by atoms with Crippen LogP contribution in [0, 0.1) is 6.92 Å². The molecule has 4 rings (SSSR count). The van der Waals surface area contributed by atoms with Gasteiger partial charge in [-0.15, -0.1) is 0 Å². The van der Waals surface area contributed by atoms with Gasteiger partial charge >= 0.3 is 0 Å². The van der Waals surface area contributed by atoms with E-state index in [0.29, 0.717) is 23.4 Å². The van der Waals surface area contributed by atoms with Crippen molar-refractivity contribution in [1.82, 2.24) is 19.7 Å². The number of carbonyl (C=O) groups excluding carboxylic acids is 2. The summed E-state index contributed by atoms with van der Waals surface area (Å²) >= 11 is 0. The van der Waals surface area contributed by atoms with E-state index in [-0.39, 0.29) is 11.7 Å². The van der Waals surface area contributed by atoms with E-state index in [2.05, 4.69) is 15.3 Å². The maximum absolute atomic E-state index is 12.5. The minimum absolute atomic E-state index is 0.0353. The predicted molar refractivity (Wildman–Crippen MR) is 111 cm³/mol. The highest BCUT2D eigenvalue weighted by Gasteiger charge is 2.11. The van der Waals surface area contributed by atoms with Crippen molar-refractivity contribution in [2.45, 2.75) is 20.4 Å². The van der Waals surface area contributed by atoms with Gasteiger partial charge in [0.25, 0.3) is 5.91 Å². The number of fused-ring (bicyclic) bond motifs is 1. The van der Waals surface area contributed by atoms with E-state index in [0.717, 1.165) is 22.4 Å². The number of amides is 1. The average Bonchev–Trinajstić information content (AvgIpc) is 3.16. The maximum atomic E-state index is 12.5. The van der Waals surface area contributed by atoms with Crippen LogP contribution in [0.1, 0.15) is 39.0 Å². The molecule has 0 fully saturated rings. The van der Waals surface area contributed by atoms with Crippen LogP contribution < -0.4 is 5.32 Å². The summed E-state index contributed by atoms with van der Waals surface area (Å²) in [6.07, 6.45) is 5.19. The summed E-state index contributed by atoms with van der Waals surface area (Å²) in [4.78, 5) is 32.5. The monoisotopic (exact) mass is 384 g/mol. The molecule has 1 amide bonds. The average molecular weight is 384 g/mol. The van der Waals surface area contributed by atoms with Crippen molar-refractivity contribution in [3.05, 3.63) is 89.6 Å². The minimum atomic E-state index is -0.257. The van der Waals surface area contributed by atoms with Crippen molar-refractivity contribution in [2.24, 2.45) is 0 Å². The first-order valence-corrected chi connectivity index (χ1v) is 9.29. The molecule has 0 atom stereocenters. The molecule has 6 nitrogen and oxygen atoms in total. The lowest BCUT2D eigenvalue weighted by Gasteiger charge is -2.06. The molecule has 29 heavy (non-hydrogen) atoms. The van der Waals surface area contributed by atoms with Gasteiger partial charge in [0.05, 0.1) is 0 Å². The summed E-state index contributed by atoms with van der Waals surface area (Å²) in [6.45, 7) is 3.87. The van der Waals surface area contributed by atoms with Crippen LogP contribution in [0.15, 0.2) is 67.1 Å². The van der Waals surface area contributed by atoms with Crippen LogP contribution in [0.3, 0.4) is 0 Å². The van der Waals surface area contributed by atoms with E-state index >= 15 is 0 Å². The van der Waals surface area contributed by atoms with Gasteiger partial charge in [-0.25, -0.2) is 4.98 Å². The third-order valence-corrected chi connectivity index (χ3v) is 4.74. The molecule has 0 aliphatic heterocycles. The Morgan fingerprint density at radius 3 is 2.55 bits per heavy atom. The summed E-state index contributed by atoms with van der Waals surface area (Å²) in [7, 11) is 0. The van der Waals surface area contributed by atoms with Gasteiger partial charge in [-0.05, 0) is 54.8 Å². The number of nitrogens with zero attached hydrogens (tertiary/aromatic N) is 3. The Bertz CT molecular complexity index is 1210. The Labute approximate surface area is 168 Å². The molecule has 0 aliphatic carbocycles. The predicted octanol–water partition coefficient (Wildman–Crippen LogP) is 3.84. The minimum Gasteiger partial charge on any atom is -0.347 e. The van der Waals surface area contributed by atoms with Crippen molar-refractivity contribution < 1.29 is 9.59 Å². The number of benzene rings is 1. The number of carbonyl (C=O) groups is 2. The first-order valence-electron chi connectivity index (χ1n) is 9.29. The van der Waals surface area contributed by atoms with E-state index in [1.807, 2.05) is 43.3 Å². The highest BCUT2D eigenvalue weighted by atomic mass is 16.2. The molecule has 1 aromatic carbocycles. The molecule has 3 heterocycles. The Balaban J connectivity index is 1.44. The molecule has 0 bridgehead atoms. The normalized spacial score (nSPS) is 10.8. The second-order valence-corrected chi connectivity index (χ2v) is 6.93. The number of aromatic nitrogens is 3. The summed E-state index contributed by atoms with van der Waals surface area (Å²) in [6, 6.07) is 15.5. The third-order valence-electron chi connectivity index (χ3n) is 4.74. The Hall–Kier alpha value is -3.80. The van der Waals surface area contributed by atoms with Gasteiger partial charge < -0.3 is 9.72 Å². The molecule has 0 spiro atoms. The molecule has 0 saturated carbocycles. The summed E-state index contributed by atoms with van der Waals surface area (Å²) in [5, 5.41) is 2.89. The van der Waals surface area contributed by atoms with Crippen molar-refractivity contribution in [3.63, 3.8) is 0 Å². The number of nitrogens with one attached hydrogen (secondary N) is 1. The summed E-state index contributed by atoms with van der Waals surface area (Å²) in [5.74, 6) is -0.293. The summed E-state index contributed by atoms with van der Waals surface area (Å²) in [5.41, 5.74) is 5.64. The lowest BCUT2D eigenvalue weighted by atomic mass is 10.0. The molecular weight excluding hydrogens is 364 g/mol. The van der Waals surface area contributed by atoms with E-state index in [1.165, 1.54) is 6.92 Å². The molecule has 0 radical (unpaired) electrons. The van der Waals surface area contributed by atoms with Crippen molar-refractivity contribution in [1.29, 1.82) is 0 Å². The zero-order valence-corrected chi connectivity index (χ0v) is 16.2. The zero-order chi connectivity index (χ0) is 20.4. The fraction of sp³-hybridized carbons (Fsp3) is 0.130. The third kappa shape index (κ3) is 4.06. The number of hydrogen-bond donors (Lipinski definition) is 1. The topological polar surface area (TPSA) is 76.4 Å². The molecule has 3 aromatic heterocycles. The van der Waals surface area contributed by atoms with Gasteiger partial charge in [0.2, 0.25) is 0 Å². The van der Waals surface area contributed by atoms with Crippen LogP contribution in [0.4, 0.5) is 0 Å². The van der Waals surface area contributed by atoms with Crippen LogP contribution in [0.2, 0.25) is 0 Å². The smallest absolute Gasteiger partial charge is 0.271 e. The van der Waals surface area contributed by atoms with E-state index in [9.17, 15) is 9.59 Å². The molecular formula is C23H20N4O2. The van der Waals surface area contributed by atoms with Gasteiger partial charge in [-0.3, -0.25) is 14.6 Å². The number of ketones is 1. The maximum Gasteiger partial charge on any atom is 0.271 e. The molecule has 6 heteroatoms. The highest BCUT2D eigenvalue weighted by Crippen LogP contribution is 2.20. The number of pyridine rings is 2. The van der Waals surface area contributed by atoms with Crippen molar-refractivity contribution >= 4 is 17.3 Å². The fourth-order valence-corrected chi connectivity index (χ4v) is 3.12. The second kappa shape index (κ2) is 7.67. The molecule has 4 aromatic rings. The zero-order valence-electron chi connectivity index (χ0n) is 16.2. The van der Waals surface area contributed by atoms with Gasteiger partial charge in [-0.2, -0.15) is 0 Å². The molecule has 1 N–H and O–H groups in total. The lowest BCUT2D eigenvalue weighted by Crippen LogP contribution is -2.23. The number of hydrogen-bond acceptors (Lipinski definition) is 4. The standard InChI is InChI=1S/C23H20N4O2/c1-15-11-20(7-9-24-15)18-5-3-17(4-6-18)13-25-23(29)21-14-27-10-8-19(16(2)28)12-22(27)26-21/h3-12,14H,13H2,1-2H3,(H,25,29). The highest BCUT2D eigenvalue weighted by molar-refractivity contribution is 5.96. The molecule has 0 saturated heterocycles. The fourth-order valence-electron chi connectivity index (χ4n) is 3.12. The van der Waals surface area contributed by atoms with Gasteiger partial charge in [-0.1, -0.05) is 24.3 Å². The first kappa shape index (κ1) is 18.6. The van der Waals surface area contributed by atoms with Crippen LogP contribution in [-0.2, 0) is 6.54 Å². The second-order valence-electron chi connectivity index (χ2n) is 6.93. The van der Waals surface area contributed by atoms with Crippen LogP contribution in [0.5, 0.6) is 0 Å². The number of imidazole rings is 1. The molecule has 0 aliphatic rings. The lowest BCUT2D eigenvalue weighted by molar-refractivity contribution is 0.0945. The quantitative estimate of drug-likeness (QED) is 0.531.